The molecular formula is C38H79N2O6P. The minimum absolute atomic E-state index is 0.0923. The van der Waals surface area contributed by atoms with Crippen LogP contribution in [-0.2, 0) is 18.4 Å². The molecule has 47 heavy (non-hydrogen) atoms. The zero-order valence-corrected chi connectivity index (χ0v) is 31.9. The van der Waals surface area contributed by atoms with E-state index in [4.69, 9.17) is 14.8 Å². The summed E-state index contributed by atoms with van der Waals surface area (Å²) in [5, 5.41) is 13.8. The molecule has 0 spiro atoms. The van der Waals surface area contributed by atoms with E-state index in [1.807, 2.05) is 0 Å². The van der Waals surface area contributed by atoms with Gasteiger partial charge < -0.3 is 21.1 Å². The zero-order chi connectivity index (χ0) is 34.7. The Bertz CT molecular complexity index is 714. The Morgan fingerprint density at radius 2 is 0.979 bits per heavy atom. The van der Waals surface area contributed by atoms with E-state index in [0.717, 1.165) is 38.5 Å². The van der Waals surface area contributed by atoms with Gasteiger partial charge in [0.25, 0.3) is 0 Å². The molecule has 0 aromatic carbocycles. The molecule has 282 valence electrons. The second-order valence-electron chi connectivity index (χ2n) is 13.9. The first-order chi connectivity index (χ1) is 22.9. The fourth-order valence-corrected chi connectivity index (χ4v) is 6.90. The van der Waals surface area contributed by atoms with Crippen molar-refractivity contribution in [2.24, 2.45) is 5.73 Å². The lowest BCUT2D eigenvalue weighted by Crippen LogP contribution is -2.46. The number of rotatable bonds is 38. The van der Waals surface area contributed by atoms with Crippen LogP contribution in [0.2, 0.25) is 0 Å². The standard InChI is InChI=1S/C38H79N2O6P/c1-3-5-7-9-11-13-15-17-18-20-21-23-25-27-29-31-37(41)36(35-46-47(43,44)45-34-33-39)40-38(42)32-30-28-26-24-22-19-16-14-12-10-8-6-4-2/h36-37,41H,3-35,39H2,1-2H3,(H,40,42)(H,43,44). The lowest BCUT2D eigenvalue weighted by atomic mass is 10.0. The van der Waals surface area contributed by atoms with Crippen molar-refractivity contribution in [3.8, 4) is 0 Å². The molecule has 1 amide bonds. The van der Waals surface area contributed by atoms with E-state index in [-0.39, 0.29) is 25.7 Å². The summed E-state index contributed by atoms with van der Waals surface area (Å²) in [4.78, 5) is 22.6. The number of phosphoric acid groups is 1. The van der Waals surface area contributed by atoms with Crippen molar-refractivity contribution in [1.82, 2.24) is 5.32 Å². The van der Waals surface area contributed by atoms with Crippen LogP contribution in [0.3, 0.4) is 0 Å². The number of amides is 1. The van der Waals surface area contributed by atoms with E-state index < -0.39 is 20.0 Å². The van der Waals surface area contributed by atoms with Gasteiger partial charge in [-0.25, -0.2) is 4.57 Å². The molecule has 0 aliphatic heterocycles. The lowest BCUT2D eigenvalue weighted by Gasteiger charge is -2.25. The molecule has 8 nitrogen and oxygen atoms in total. The Morgan fingerprint density at radius 3 is 1.36 bits per heavy atom. The molecule has 0 saturated carbocycles. The molecule has 3 unspecified atom stereocenters. The second kappa shape index (κ2) is 35.3. The number of carbonyl (C=O) groups excluding carboxylic acids is 1. The molecular weight excluding hydrogens is 611 g/mol. The summed E-state index contributed by atoms with van der Waals surface area (Å²) < 4.78 is 22.1. The van der Waals surface area contributed by atoms with Crippen molar-refractivity contribution in [3.05, 3.63) is 0 Å². The minimum atomic E-state index is -4.30. The van der Waals surface area contributed by atoms with E-state index in [0.29, 0.717) is 12.8 Å². The monoisotopic (exact) mass is 691 g/mol. The predicted octanol–water partition coefficient (Wildman–Crippen LogP) is 10.7. The highest BCUT2D eigenvalue weighted by Crippen LogP contribution is 2.43. The second-order valence-corrected chi connectivity index (χ2v) is 15.3. The van der Waals surface area contributed by atoms with Crippen molar-refractivity contribution in [1.29, 1.82) is 0 Å². The highest BCUT2D eigenvalue weighted by Gasteiger charge is 2.27. The number of unbranched alkanes of at least 4 members (excludes halogenated alkanes) is 26. The maximum absolute atomic E-state index is 12.7. The number of phosphoric ester groups is 1. The average Bonchev–Trinajstić information content (AvgIpc) is 3.05. The fraction of sp³-hybridized carbons (Fsp3) is 0.974. The molecule has 0 heterocycles. The highest BCUT2D eigenvalue weighted by atomic mass is 31.2. The first kappa shape index (κ1) is 46.5. The Balaban J connectivity index is 4.18. The lowest BCUT2D eigenvalue weighted by molar-refractivity contribution is -0.123. The van der Waals surface area contributed by atoms with Crippen molar-refractivity contribution in [2.75, 3.05) is 19.8 Å². The Morgan fingerprint density at radius 1 is 0.617 bits per heavy atom. The first-order valence-corrected chi connectivity index (χ1v) is 21.6. The Kier molecular flexibility index (Phi) is 35.0. The van der Waals surface area contributed by atoms with E-state index in [2.05, 4.69) is 19.2 Å². The molecule has 0 saturated heterocycles. The van der Waals surface area contributed by atoms with Crippen LogP contribution in [0.4, 0.5) is 0 Å². The molecule has 0 aliphatic carbocycles. The van der Waals surface area contributed by atoms with Crippen LogP contribution < -0.4 is 11.1 Å². The molecule has 0 bridgehead atoms. The van der Waals surface area contributed by atoms with Gasteiger partial charge >= 0.3 is 7.82 Å². The molecule has 0 aliphatic rings. The highest BCUT2D eigenvalue weighted by molar-refractivity contribution is 7.47. The number of nitrogens with two attached hydrogens (primary N) is 1. The number of hydrogen-bond donors (Lipinski definition) is 4. The van der Waals surface area contributed by atoms with Crippen molar-refractivity contribution in [2.45, 2.75) is 219 Å². The molecule has 0 aromatic rings. The fourth-order valence-electron chi connectivity index (χ4n) is 6.14. The smallest absolute Gasteiger partial charge is 0.391 e. The van der Waals surface area contributed by atoms with Gasteiger partial charge in [0.05, 0.1) is 25.4 Å². The Labute approximate surface area is 291 Å². The summed E-state index contributed by atoms with van der Waals surface area (Å²) >= 11 is 0. The Hall–Kier alpha value is -0.500. The molecule has 3 atom stereocenters. The number of hydrogen-bond acceptors (Lipinski definition) is 6. The van der Waals surface area contributed by atoms with Gasteiger partial charge in [-0.2, -0.15) is 0 Å². The van der Waals surface area contributed by atoms with E-state index in [9.17, 15) is 19.4 Å². The topological polar surface area (TPSA) is 131 Å². The molecule has 0 rings (SSSR count). The van der Waals surface area contributed by atoms with E-state index in [1.165, 1.54) is 141 Å². The van der Waals surface area contributed by atoms with Crippen LogP contribution in [0.25, 0.3) is 0 Å². The van der Waals surface area contributed by atoms with Crippen LogP contribution in [0.1, 0.15) is 206 Å². The zero-order valence-electron chi connectivity index (χ0n) is 31.0. The van der Waals surface area contributed by atoms with E-state index in [1.54, 1.807) is 0 Å². The van der Waals surface area contributed by atoms with Crippen LogP contribution in [0, 0.1) is 0 Å². The summed E-state index contributed by atoms with van der Waals surface area (Å²) in [6, 6.07) is -0.766. The summed E-state index contributed by atoms with van der Waals surface area (Å²) in [6.07, 6.45) is 35.3. The third kappa shape index (κ3) is 33.8. The normalized spacial score (nSPS) is 14.2. The van der Waals surface area contributed by atoms with Crippen LogP contribution in [0.5, 0.6) is 0 Å². The molecule has 5 N–H and O–H groups in total. The largest absolute Gasteiger partial charge is 0.472 e. The maximum atomic E-state index is 12.7. The van der Waals surface area contributed by atoms with Gasteiger partial charge in [0, 0.05) is 13.0 Å². The van der Waals surface area contributed by atoms with Gasteiger partial charge in [-0.3, -0.25) is 13.8 Å². The third-order valence-electron chi connectivity index (χ3n) is 9.21. The number of carbonyl (C=O) groups is 1. The molecule has 0 radical (unpaired) electrons. The number of aliphatic hydroxyl groups is 1. The predicted molar refractivity (Wildman–Crippen MR) is 199 cm³/mol. The van der Waals surface area contributed by atoms with Crippen LogP contribution in [0.15, 0.2) is 0 Å². The van der Waals surface area contributed by atoms with Crippen molar-refractivity contribution >= 4 is 13.7 Å². The molecule has 0 aromatic heterocycles. The van der Waals surface area contributed by atoms with Gasteiger partial charge in [-0.1, -0.05) is 187 Å². The van der Waals surface area contributed by atoms with Crippen molar-refractivity contribution in [3.63, 3.8) is 0 Å². The van der Waals surface area contributed by atoms with Gasteiger partial charge in [-0.05, 0) is 12.8 Å². The number of nitrogens with one attached hydrogen (secondary N) is 1. The van der Waals surface area contributed by atoms with Gasteiger partial charge in [-0.15, -0.1) is 0 Å². The maximum Gasteiger partial charge on any atom is 0.472 e. The van der Waals surface area contributed by atoms with Crippen molar-refractivity contribution < 1.29 is 28.4 Å². The first-order valence-electron chi connectivity index (χ1n) is 20.2. The summed E-state index contributed by atoms with van der Waals surface area (Å²) in [6.45, 7) is 4.22. The molecule has 0 fully saturated rings. The summed E-state index contributed by atoms with van der Waals surface area (Å²) in [7, 11) is -4.30. The summed E-state index contributed by atoms with van der Waals surface area (Å²) in [5.74, 6) is -0.159. The quantitative estimate of drug-likeness (QED) is 0.0374. The van der Waals surface area contributed by atoms with E-state index >= 15 is 0 Å². The third-order valence-corrected chi connectivity index (χ3v) is 10.2. The molecule has 9 heteroatoms. The van der Waals surface area contributed by atoms with Gasteiger partial charge in [0.1, 0.15) is 0 Å². The van der Waals surface area contributed by atoms with Gasteiger partial charge in [0.15, 0.2) is 0 Å². The number of aliphatic hydroxyl groups excluding tert-OH is 1. The minimum Gasteiger partial charge on any atom is -0.391 e. The average molecular weight is 691 g/mol. The summed E-state index contributed by atoms with van der Waals surface area (Å²) in [5.41, 5.74) is 5.37. The van der Waals surface area contributed by atoms with Gasteiger partial charge in [0.2, 0.25) is 5.91 Å². The van der Waals surface area contributed by atoms with Crippen LogP contribution >= 0.6 is 7.82 Å². The van der Waals surface area contributed by atoms with Crippen LogP contribution in [-0.4, -0.2) is 47.8 Å². The SMILES string of the molecule is CCCCCCCCCCCCCCCCCC(O)C(COP(=O)(O)OCCN)NC(=O)CCCCCCCCCCCCCCC.